The zero-order valence-corrected chi connectivity index (χ0v) is 16.4. The minimum Gasteiger partial charge on any atom is -0.144 e. The predicted octanol–water partition coefficient (Wildman–Crippen LogP) is 7.72. The van der Waals surface area contributed by atoms with Gasteiger partial charge in [0.25, 0.3) is 0 Å². The first-order valence-electron chi connectivity index (χ1n) is 9.04. The fourth-order valence-electron chi connectivity index (χ4n) is 3.59. The molecule has 0 fully saturated rings. The van der Waals surface area contributed by atoms with Gasteiger partial charge in [-0.15, -0.1) is 22.7 Å². The zero-order valence-electron chi connectivity index (χ0n) is 14.8. The third kappa shape index (κ3) is 3.46. The number of hydrogen-bond donors (Lipinski definition) is 0. The van der Waals surface area contributed by atoms with Gasteiger partial charge in [-0.1, -0.05) is 60.7 Å². The van der Waals surface area contributed by atoms with E-state index in [1.165, 1.54) is 43.1 Å². The average molecular weight is 383 g/mol. The maximum atomic E-state index is 2.33. The van der Waals surface area contributed by atoms with E-state index in [1.54, 1.807) is 22.7 Å². The molecule has 0 aliphatic heterocycles. The van der Waals surface area contributed by atoms with Crippen LogP contribution in [0.15, 0.2) is 71.4 Å². The summed E-state index contributed by atoms with van der Waals surface area (Å²) in [5.74, 6) is 0. The molecular formula is C25H18S2. The van der Waals surface area contributed by atoms with Crippen molar-refractivity contribution < 1.29 is 0 Å². The van der Waals surface area contributed by atoms with Gasteiger partial charge in [-0.3, -0.25) is 0 Å². The van der Waals surface area contributed by atoms with Gasteiger partial charge in [-0.05, 0) is 74.8 Å². The van der Waals surface area contributed by atoms with Crippen molar-refractivity contribution in [3.63, 3.8) is 0 Å². The van der Waals surface area contributed by atoms with E-state index >= 15 is 0 Å². The van der Waals surface area contributed by atoms with Gasteiger partial charge < -0.3 is 0 Å². The summed E-state index contributed by atoms with van der Waals surface area (Å²) in [4.78, 5) is 2.59. The van der Waals surface area contributed by atoms with Crippen LogP contribution in [0.4, 0.5) is 0 Å². The Morgan fingerprint density at radius 2 is 1.11 bits per heavy atom. The summed E-state index contributed by atoms with van der Waals surface area (Å²) in [5.41, 5.74) is 8.16. The molecule has 0 saturated heterocycles. The van der Waals surface area contributed by atoms with E-state index in [9.17, 15) is 0 Å². The largest absolute Gasteiger partial charge is 0.144 e. The van der Waals surface area contributed by atoms with E-state index in [4.69, 9.17) is 0 Å². The lowest BCUT2D eigenvalue weighted by Gasteiger charge is -2.03. The maximum absolute atomic E-state index is 2.33. The summed E-state index contributed by atoms with van der Waals surface area (Å²) in [6, 6.07) is 22.1. The zero-order chi connectivity index (χ0) is 18.1. The smallest absolute Gasteiger partial charge is 0.0270 e. The summed E-state index contributed by atoms with van der Waals surface area (Å²) in [5, 5.41) is 4.23. The molecule has 0 bridgehead atoms. The van der Waals surface area contributed by atoms with Crippen LogP contribution in [0.1, 0.15) is 32.0 Å². The molecule has 1 aliphatic carbocycles. The summed E-state index contributed by atoms with van der Waals surface area (Å²) in [6.07, 6.45) is 9.84. The maximum Gasteiger partial charge on any atom is 0.0270 e. The Balaban J connectivity index is 1.40. The molecule has 27 heavy (non-hydrogen) atoms. The molecule has 2 heterocycles. The first-order valence-corrected chi connectivity index (χ1v) is 10.8. The first-order chi connectivity index (χ1) is 13.3. The lowest BCUT2D eigenvalue weighted by molar-refractivity contribution is 1.26. The Morgan fingerprint density at radius 3 is 1.56 bits per heavy atom. The number of thiophene rings is 2. The van der Waals surface area contributed by atoms with Crippen LogP contribution in [-0.4, -0.2) is 0 Å². The number of fused-ring (bicyclic) bond motifs is 3. The van der Waals surface area contributed by atoms with Crippen LogP contribution in [0.5, 0.6) is 0 Å². The molecule has 0 atom stereocenters. The van der Waals surface area contributed by atoms with Crippen molar-refractivity contribution in [2.24, 2.45) is 0 Å². The normalized spacial score (nSPS) is 12.7. The molecule has 130 valence electrons. The molecule has 0 spiro atoms. The lowest BCUT2D eigenvalue weighted by atomic mass is 10.0. The molecule has 0 amide bonds. The van der Waals surface area contributed by atoms with Crippen LogP contribution >= 0.6 is 22.7 Å². The van der Waals surface area contributed by atoms with Crippen molar-refractivity contribution in [3.8, 4) is 11.1 Å². The van der Waals surface area contributed by atoms with Crippen molar-refractivity contribution in [2.45, 2.75) is 6.42 Å². The Bertz CT molecular complexity index is 1040. The van der Waals surface area contributed by atoms with Gasteiger partial charge >= 0.3 is 0 Å². The third-order valence-electron chi connectivity index (χ3n) is 4.90. The highest BCUT2D eigenvalue weighted by Gasteiger charge is 2.18. The van der Waals surface area contributed by atoms with E-state index in [1.807, 2.05) is 0 Å². The van der Waals surface area contributed by atoms with Gasteiger partial charge in [0.15, 0.2) is 0 Å². The second-order valence-corrected chi connectivity index (χ2v) is 8.67. The van der Waals surface area contributed by atoms with Crippen molar-refractivity contribution >= 4 is 47.0 Å². The molecule has 4 aromatic rings. The minimum absolute atomic E-state index is 1.02. The Hall–Kier alpha value is -2.68. The third-order valence-corrected chi connectivity index (χ3v) is 6.57. The number of benzene rings is 2. The number of rotatable bonds is 4. The molecule has 0 unspecified atom stereocenters. The molecule has 0 saturated carbocycles. The highest BCUT2D eigenvalue weighted by molar-refractivity contribution is 7.11. The van der Waals surface area contributed by atoms with Gasteiger partial charge in [0.05, 0.1) is 0 Å². The van der Waals surface area contributed by atoms with Gasteiger partial charge in [-0.2, -0.15) is 0 Å². The van der Waals surface area contributed by atoms with Gasteiger partial charge in [0.1, 0.15) is 0 Å². The number of hydrogen-bond acceptors (Lipinski definition) is 2. The Morgan fingerprint density at radius 1 is 0.593 bits per heavy atom. The highest BCUT2D eigenvalue weighted by Crippen LogP contribution is 2.38. The van der Waals surface area contributed by atoms with Crippen LogP contribution in [0.25, 0.3) is 35.4 Å². The topological polar surface area (TPSA) is 0 Å². The van der Waals surface area contributed by atoms with Crippen molar-refractivity contribution in [1.82, 2.24) is 0 Å². The molecule has 1 aliphatic rings. The summed E-state index contributed by atoms with van der Waals surface area (Å²) in [7, 11) is 0. The van der Waals surface area contributed by atoms with Gasteiger partial charge in [0.2, 0.25) is 0 Å². The molecule has 0 radical (unpaired) electrons. The van der Waals surface area contributed by atoms with Crippen molar-refractivity contribution in [3.05, 3.63) is 103 Å². The van der Waals surface area contributed by atoms with E-state index in [-0.39, 0.29) is 0 Å². The monoisotopic (exact) mass is 382 g/mol. The lowest BCUT2D eigenvalue weighted by Crippen LogP contribution is -1.82. The van der Waals surface area contributed by atoms with E-state index in [0.717, 1.165) is 6.42 Å². The van der Waals surface area contributed by atoms with E-state index < -0.39 is 0 Å². The van der Waals surface area contributed by atoms with Gasteiger partial charge in [0, 0.05) is 9.75 Å². The van der Waals surface area contributed by atoms with E-state index in [0.29, 0.717) is 0 Å². The first kappa shape index (κ1) is 16.5. The highest BCUT2D eigenvalue weighted by atomic mass is 32.1. The Kier molecular flexibility index (Phi) is 4.36. The van der Waals surface area contributed by atoms with Crippen LogP contribution in [0.2, 0.25) is 0 Å². The predicted molar refractivity (Wildman–Crippen MR) is 121 cm³/mol. The molecular weight excluding hydrogens is 364 g/mol. The molecule has 0 N–H and O–H groups in total. The summed E-state index contributed by atoms with van der Waals surface area (Å²) >= 11 is 3.54. The van der Waals surface area contributed by atoms with Crippen LogP contribution in [-0.2, 0) is 6.42 Å². The van der Waals surface area contributed by atoms with Crippen LogP contribution in [0.3, 0.4) is 0 Å². The molecule has 2 aromatic heterocycles. The van der Waals surface area contributed by atoms with Crippen LogP contribution in [0, 0.1) is 0 Å². The molecule has 0 nitrogen and oxygen atoms in total. The summed E-state index contributed by atoms with van der Waals surface area (Å²) in [6.45, 7) is 0. The minimum atomic E-state index is 1.02. The molecule has 5 rings (SSSR count). The molecule has 2 heteroatoms. The second kappa shape index (κ2) is 7.15. The van der Waals surface area contributed by atoms with Crippen molar-refractivity contribution in [1.29, 1.82) is 0 Å². The van der Waals surface area contributed by atoms with E-state index in [2.05, 4.69) is 95.7 Å². The van der Waals surface area contributed by atoms with Gasteiger partial charge in [-0.25, -0.2) is 0 Å². The Labute approximate surface area is 167 Å². The quantitative estimate of drug-likeness (QED) is 0.298. The SMILES string of the molecule is C(=C\c1cccs1)/c1ccc2c(c1)Cc1cc(/C=C/c3cccs3)ccc1-2. The van der Waals surface area contributed by atoms with Crippen molar-refractivity contribution in [2.75, 3.05) is 0 Å². The summed E-state index contributed by atoms with van der Waals surface area (Å²) < 4.78 is 0. The average Bonchev–Trinajstić information content (AvgIpc) is 3.44. The fraction of sp³-hybridized carbons (Fsp3) is 0.0400. The van der Waals surface area contributed by atoms with Crippen LogP contribution < -0.4 is 0 Å². The standard InChI is InChI=1S/C25H18S2/c1-3-22(26-13-1)9-5-18-7-11-24-20(15-18)17-21-16-19(8-12-25(21)24)6-10-23-4-2-14-27-23/h1-16H,17H2/b9-5+,10-6+. The fourth-order valence-corrected chi connectivity index (χ4v) is 4.82. The second-order valence-electron chi connectivity index (χ2n) is 6.71. The molecule has 2 aromatic carbocycles.